The minimum absolute atomic E-state index is 0.149. The third-order valence-corrected chi connectivity index (χ3v) is 14.4. The van der Waals surface area contributed by atoms with Crippen LogP contribution in [0, 0.1) is 0 Å². The van der Waals surface area contributed by atoms with Gasteiger partial charge in [-0.3, -0.25) is 9.59 Å². The molecule has 430 valence electrons. The third kappa shape index (κ3) is 25.7. The number of carboxylic acid groups (broad SMARTS) is 1. The highest BCUT2D eigenvalue weighted by molar-refractivity contribution is 5.78. The van der Waals surface area contributed by atoms with Gasteiger partial charge in [0.15, 0.2) is 6.29 Å². The van der Waals surface area contributed by atoms with E-state index in [1.165, 1.54) is 109 Å². The van der Waals surface area contributed by atoms with Gasteiger partial charge in [-0.05, 0) is 12.8 Å². The van der Waals surface area contributed by atoms with E-state index < -0.39 is 136 Å². The van der Waals surface area contributed by atoms with E-state index in [1.807, 2.05) is 0 Å². The molecule has 14 atom stereocenters. The summed E-state index contributed by atoms with van der Waals surface area (Å²) in [6.45, 7) is 0.869. The number of ether oxygens (including phenoxy) is 4. The van der Waals surface area contributed by atoms with Crippen molar-refractivity contribution in [2.75, 3.05) is 26.4 Å². The summed E-state index contributed by atoms with van der Waals surface area (Å²) in [5, 5.41) is 121. The lowest BCUT2D eigenvalue weighted by molar-refractivity contribution is -0.339. The summed E-state index contributed by atoms with van der Waals surface area (Å²) >= 11 is 0. The van der Waals surface area contributed by atoms with Crippen molar-refractivity contribution in [1.82, 2.24) is 10.6 Å². The lowest BCUT2D eigenvalue weighted by atomic mass is 9.88. The molecule has 0 spiro atoms. The van der Waals surface area contributed by atoms with Crippen molar-refractivity contribution in [2.45, 2.75) is 292 Å². The van der Waals surface area contributed by atoms with Gasteiger partial charge in [0.05, 0.1) is 44.1 Å². The molecule has 2 aliphatic heterocycles. The van der Waals surface area contributed by atoms with Crippen LogP contribution in [0.15, 0.2) is 0 Å². The van der Waals surface area contributed by atoms with Crippen LogP contribution in [-0.2, 0) is 33.3 Å². The molecule has 0 aromatic heterocycles. The highest BCUT2D eigenvalue weighted by Gasteiger charge is 2.57. The second-order valence-electron chi connectivity index (χ2n) is 20.7. The van der Waals surface area contributed by atoms with Crippen LogP contribution in [0.3, 0.4) is 0 Å². The van der Waals surface area contributed by atoms with Crippen LogP contribution < -0.4 is 10.6 Å². The number of aliphatic hydroxyl groups excluding tert-OH is 10. The van der Waals surface area contributed by atoms with E-state index in [9.17, 15) is 70.6 Å². The van der Waals surface area contributed by atoms with E-state index in [4.69, 9.17) is 18.9 Å². The normalized spacial score (nSPS) is 26.5. The number of carbonyl (C=O) groups is 3. The zero-order valence-corrected chi connectivity index (χ0v) is 44.3. The fourth-order valence-electron chi connectivity index (χ4n) is 9.68. The molecule has 2 saturated heterocycles. The number of aliphatic carboxylic acids is 1. The third-order valence-electron chi connectivity index (χ3n) is 14.4. The van der Waals surface area contributed by atoms with Crippen LogP contribution in [-0.4, -0.2) is 186 Å². The first-order valence-corrected chi connectivity index (χ1v) is 28.1. The van der Waals surface area contributed by atoms with Gasteiger partial charge < -0.3 is 85.8 Å². The molecule has 2 amide bonds. The molecule has 0 bridgehead atoms. The quantitative estimate of drug-likeness (QED) is 0.0388. The van der Waals surface area contributed by atoms with E-state index in [0.29, 0.717) is 12.8 Å². The first-order valence-electron chi connectivity index (χ1n) is 28.1. The summed E-state index contributed by atoms with van der Waals surface area (Å²) in [6, 6.07) is -2.83. The fourth-order valence-corrected chi connectivity index (χ4v) is 9.68. The van der Waals surface area contributed by atoms with Gasteiger partial charge in [-0.25, -0.2) is 4.79 Å². The van der Waals surface area contributed by atoms with Crippen LogP contribution in [0.4, 0.5) is 0 Å². The standard InChI is InChI=1S/C53H100N2O18/c1-3-5-7-9-11-13-15-17-18-19-21-23-25-27-29-31-42(61)54-37(45(63)38(58)30-28-26-24-22-20-16-14-12-10-8-6-4-2)35-70-51-49(67)48(66)47(65)41(72-51)36-71-53(52(68)69)32-39(59)44(55-43(62)34-57)50(73-53)46(64)40(60)33-56/h37-41,44-51,56-60,63-67H,3-36H2,1-2H3,(H,54,61)(H,55,62)(H,68,69)/t37-,38+,39-,40+,41+,44+,45-,46+,47+,48-,49+,50+,51+,53+/m0/s1. The molecule has 2 heterocycles. The van der Waals surface area contributed by atoms with E-state index in [0.717, 1.165) is 51.4 Å². The Morgan fingerprint density at radius 1 is 0.630 bits per heavy atom. The zero-order valence-electron chi connectivity index (χ0n) is 44.3. The molecule has 0 aliphatic carbocycles. The molecule has 0 radical (unpaired) electrons. The maximum Gasteiger partial charge on any atom is 0.364 e. The van der Waals surface area contributed by atoms with Gasteiger partial charge in [-0.15, -0.1) is 0 Å². The molecule has 20 heteroatoms. The average Bonchev–Trinajstić information content (AvgIpc) is 3.38. The SMILES string of the molecule is CCCCCCCCCCCCCCCCCC(=O)N[C@@H](CO[C@@H]1O[C@H](CO[C@]2(C(=O)O)C[C@H](O)[C@@H](NC(=O)CO)[C@H]([C@H](O)[C@H](O)CO)O2)[C@@H](O)[C@H](O)[C@H]1O)[C@H](O)[C@H](O)CCCCCCCCCCCCCC. The van der Waals surface area contributed by atoms with Gasteiger partial charge in [-0.1, -0.05) is 181 Å². The number of aliphatic hydroxyl groups is 10. The van der Waals surface area contributed by atoms with Gasteiger partial charge >= 0.3 is 5.97 Å². The first kappa shape index (κ1) is 67.0. The van der Waals surface area contributed by atoms with E-state index in [2.05, 4.69) is 24.5 Å². The minimum Gasteiger partial charge on any atom is -0.477 e. The second-order valence-corrected chi connectivity index (χ2v) is 20.7. The summed E-state index contributed by atoms with van der Waals surface area (Å²) in [6.07, 6.45) is 10.5. The van der Waals surface area contributed by atoms with Gasteiger partial charge in [-0.2, -0.15) is 0 Å². The molecule has 0 unspecified atom stereocenters. The lowest BCUT2D eigenvalue weighted by Crippen LogP contribution is -2.68. The summed E-state index contributed by atoms with van der Waals surface area (Å²) < 4.78 is 22.8. The van der Waals surface area contributed by atoms with Crippen molar-refractivity contribution in [1.29, 1.82) is 0 Å². The summed E-state index contributed by atoms with van der Waals surface area (Å²) in [5.41, 5.74) is 0. The molecule has 0 saturated carbocycles. The molecule has 13 N–H and O–H groups in total. The minimum atomic E-state index is -2.86. The molecule has 2 fully saturated rings. The largest absolute Gasteiger partial charge is 0.477 e. The zero-order chi connectivity index (χ0) is 54.0. The van der Waals surface area contributed by atoms with Crippen LogP contribution in [0.2, 0.25) is 0 Å². The Kier molecular flexibility index (Phi) is 36.0. The maximum absolute atomic E-state index is 13.3. The number of hydrogen-bond acceptors (Lipinski definition) is 17. The van der Waals surface area contributed by atoms with Crippen molar-refractivity contribution in [3.05, 3.63) is 0 Å². The van der Waals surface area contributed by atoms with Crippen molar-refractivity contribution in [3.63, 3.8) is 0 Å². The number of rotatable bonds is 44. The first-order chi connectivity index (χ1) is 35.1. The second kappa shape index (κ2) is 39.2. The fraction of sp³-hybridized carbons (Fsp3) is 0.943. The highest BCUT2D eigenvalue weighted by Crippen LogP contribution is 2.35. The topological polar surface area (TPSA) is 335 Å². The van der Waals surface area contributed by atoms with Crippen LogP contribution >= 0.6 is 0 Å². The highest BCUT2D eigenvalue weighted by atomic mass is 16.7. The smallest absolute Gasteiger partial charge is 0.364 e. The van der Waals surface area contributed by atoms with Crippen molar-refractivity contribution in [2.24, 2.45) is 0 Å². The molecule has 0 aromatic rings. The van der Waals surface area contributed by atoms with Gasteiger partial charge in [0.1, 0.15) is 55.4 Å². The average molecular weight is 1050 g/mol. The van der Waals surface area contributed by atoms with E-state index in [1.54, 1.807) is 0 Å². The number of carbonyl (C=O) groups excluding carboxylic acids is 2. The van der Waals surface area contributed by atoms with Gasteiger partial charge in [0.25, 0.3) is 5.79 Å². The van der Waals surface area contributed by atoms with Crippen LogP contribution in [0.1, 0.15) is 206 Å². The molecule has 2 rings (SSSR count). The van der Waals surface area contributed by atoms with Crippen molar-refractivity contribution >= 4 is 17.8 Å². The van der Waals surface area contributed by atoms with Gasteiger partial charge in [0, 0.05) is 12.8 Å². The number of nitrogens with one attached hydrogen (secondary N) is 2. The number of amides is 2. The molecular weight excluding hydrogens is 953 g/mol. The number of carboxylic acids is 1. The van der Waals surface area contributed by atoms with Gasteiger partial charge in [0.2, 0.25) is 11.8 Å². The lowest BCUT2D eigenvalue weighted by Gasteiger charge is -2.47. The Hall–Kier alpha value is -2.15. The van der Waals surface area contributed by atoms with E-state index in [-0.39, 0.29) is 12.8 Å². The molecule has 73 heavy (non-hydrogen) atoms. The molecule has 20 nitrogen and oxygen atoms in total. The van der Waals surface area contributed by atoms with Crippen LogP contribution in [0.25, 0.3) is 0 Å². The predicted molar refractivity (Wildman–Crippen MR) is 272 cm³/mol. The summed E-state index contributed by atoms with van der Waals surface area (Å²) in [7, 11) is 0. The van der Waals surface area contributed by atoms with E-state index >= 15 is 0 Å². The Balaban J connectivity index is 2.06. The van der Waals surface area contributed by atoms with Crippen molar-refractivity contribution < 1.29 is 89.5 Å². The Bertz CT molecular complexity index is 1440. The summed E-state index contributed by atoms with van der Waals surface area (Å²) in [5.74, 6) is -6.18. The Labute approximate surface area is 434 Å². The molecule has 0 aromatic carbocycles. The van der Waals surface area contributed by atoms with Crippen molar-refractivity contribution in [3.8, 4) is 0 Å². The van der Waals surface area contributed by atoms with Crippen LogP contribution in [0.5, 0.6) is 0 Å². The monoisotopic (exact) mass is 1050 g/mol. The summed E-state index contributed by atoms with van der Waals surface area (Å²) in [4.78, 5) is 38.1. The Morgan fingerprint density at radius 3 is 1.58 bits per heavy atom. The molecular formula is C53H100N2O18. The molecule has 2 aliphatic rings. The number of hydrogen-bond donors (Lipinski definition) is 13. The number of unbranched alkanes of at least 4 members (excludes halogenated alkanes) is 25. The maximum atomic E-state index is 13.3. The predicted octanol–water partition coefficient (Wildman–Crippen LogP) is 3.51. The Morgan fingerprint density at radius 2 is 1.11 bits per heavy atom.